The van der Waals surface area contributed by atoms with Crippen LogP contribution in [0, 0.1) is 5.92 Å². The van der Waals surface area contributed by atoms with Crippen molar-refractivity contribution in [3.05, 3.63) is 71.9 Å². The summed E-state index contributed by atoms with van der Waals surface area (Å²) < 4.78 is 0. The SMILES string of the molecule is CC(C)CC(N)C(=O)NC(Cc1ccccc1)C(=O)NC(C(=O)NC(Cc1c[nH]c2ccccc12)C(=O)O)C(C)O. The van der Waals surface area contributed by atoms with Crippen molar-refractivity contribution in [2.45, 2.75) is 70.3 Å². The number of H-pyrrole nitrogens is 1. The zero-order valence-corrected chi connectivity index (χ0v) is 23.5. The maximum atomic E-state index is 13.4. The minimum atomic E-state index is -1.48. The second-order valence-electron chi connectivity index (χ2n) is 10.7. The minimum absolute atomic E-state index is 0.0218. The highest BCUT2D eigenvalue weighted by molar-refractivity contribution is 5.94. The third-order valence-corrected chi connectivity index (χ3v) is 6.75. The molecule has 5 unspecified atom stereocenters. The lowest BCUT2D eigenvalue weighted by atomic mass is 10.0. The first-order chi connectivity index (χ1) is 19.5. The fraction of sp³-hybridized carbons (Fsp3) is 0.400. The second kappa shape index (κ2) is 14.4. The van der Waals surface area contributed by atoms with Crippen molar-refractivity contribution >= 4 is 34.6 Å². The molecule has 2 aromatic carbocycles. The molecule has 5 atom stereocenters. The minimum Gasteiger partial charge on any atom is -0.480 e. The molecule has 1 heterocycles. The number of benzene rings is 2. The Labute approximate surface area is 238 Å². The molecule has 0 aliphatic rings. The summed E-state index contributed by atoms with van der Waals surface area (Å²) in [6.45, 7) is 5.16. The average molecular weight is 566 g/mol. The van der Waals surface area contributed by atoms with Gasteiger partial charge in [0.2, 0.25) is 17.7 Å². The van der Waals surface area contributed by atoms with Gasteiger partial charge in [-0.05, 0) is 36.5 Å². The summed E-state index contributed by atoms with van der Waals surface area (Å²) in [6.07, 6.45) is 0.821. The number of nitrogens with one attached hydrogen (secondary N) is 4. The van der Waals surface area contributed by atoms with E-state index in [-0.39, 0.29) is 18.8 Å². The molecule has 0 aliphatic heterocycles. The third-order valence-electron chi connectivity index (χ3n) is 6.75. The third kappa shape index (κ3) is 8.89. The Morgan fingerprint density at radius 1 is 0.829 bits per heavy atom. The molecular weight excluding hydrogens is 526 g/mol. The summed E-state index contributed by atoms with van der Waals surface area (Å²) in [5.74, 6) is -3.22. The number of carbonyl (C=O) groups excluding carboxylic acids is 3. The topological polar surface area (TPSA) is 187 Å². The number of carbonyl (C=O) groups is 4. The number of carboxylic acid groups (broad SMARTS) is 1. The van der Waals surface area contributed by atoms with Gasteiger partial charge in [-0.1, -0.05) is 62.4 Å². The van der Waals surface area contributed by atoms with Crippen LogP contribution in [-0.2, 0) is 32.0 Å². The molecule has 3 aromatic rings. The Balaban J connectivity index is 1.75. The zero-order chi connectivity index (χ0) is 30.1. The molecule has 1 aromatic heterocycles. The van der Waals surface area contributed by atoms with E-state index >= 15 is 0 Å². The van der Waals surface area contributed by atoms with Crippen molar-refractivity contribution in [2.24, 2.45) is 11.7 Å². The van der Waals surface area contributed by atoms with Gasteiger partial charge in [0.1, 0.15) is 18.1 Å². The number of aromatic amines is 1. The molecule has 8 N–H and O–H groups in total. The molecule has 0 saturated carbocycles. The summed E-state index contributed by atoms with van der Waals surface area (Å²) in [4.78, 5) is 54.5. The van der Waals surface area contributed by atoms with Gasteiger partial charge >= 0.3 is 5.97 Å². The summed E-state index contributed by atoms with van der Waals surface area (Å²) in [5, 5.41) is 28.6. The maximum Gasteiger partial charge on any atom is 0.326 e. The molecular formula is C30H39N5O6. The highest BCUT2D eigenvalue weighted by Crippen LogP contribution is 2.19. The van der Waals surface area contributed by atoms with Crippen LogP contribution in [0.3, 0.4) is 0 Å². The average Bonchev–Trinajstić information content (AvgIpc) is 3.33. The van der Waals surface area contributed by atoms with E-state index in [0.29, 0.717) is 12.0 Å². The Kier molecular flexibility index (Phi) is 11.0. The van der Waals surface area contributed by atoms with Crippen molar-refractivity contribution in [1.29, 1.82) is 0 Å². The summed E-state index contributed by atoms with van der Waals surface area (Å²) in [7, 11) is 0. The molecule has 3 rings (SSSR count). The van der Waals surface area contributed by atoms with E-state index in [1.54, 1.807) is 30.5 Å². The molecule has 0 bridgehead atoms. The molecule has 0 radical (unpaired) electrons. The van der Waals surface area contributed by atoms with Gasteiger partial charge in [0.05, 0.1) is 12.1 Å². The van der Waals surface area contributed by atoms with Crippen LogP contribution in [0.25, 0.3) is 10.9 Å². The zero-order valence-electron chi connectivity index (χ0n) is 23.5. The fourth-order valence-electron chi connectivity index (χ4n) is 4.59. The summed E-state index contributed by atoms with van der Waals surface area (Å²) in [5.41, 5.74) is 8.30. The predicted molar refractivity (Wildman–Crippen MR) is 155 cm³/mol. The van der Waals surface area contributed by atoms with Crippen molar-refractivity contribution in [2.75, 3.05) is 0 Å². The van der Waals surface area contributed by atoms with Crippen LogP contribution in [0.1, 0.15) is 38.3 Å². The lowest BCUT2D eigenvalue weighted by Gasteiger charge is -2.27. The molecule has 3 amide bonds. The number of carboxylic acids is 1. The number of aliphatic hydroxyl groups is 1. The van der Waals surface area contributed by atoms with Crippen LogP contribution in [0.15, 0.2) is 60.8 Å². The van der Waals surface area contributed by atoms with Gasteiger partial charge < -0.3 is 36.9 Å². The standard InChI is InChI=1S/C30H39N5O6/c1-17(2)13-22(31)27(37)33-24(14-19-9-5-4-6-10-19)28(38)35-26(18(3)36)29(39)34-25(30(40)41)15-20-16-32-23-12-8-7-11-21(20)23/h4-12,16-18,22,24-26,32,36H,13-15,31H2,1-3H3,(H,33,37)(H,34,39)(H,35,38)(H,40,41). The Morgan fingerprint density at radius 2 is 1.46 bits per heavy atom. The highest BCUT2D eigenvalue weighted by atomic mass is 16.4. The van der Waals surface area contributed by atoms with Crippen molar-refractivity contribution < 1.29 is 29.4 Å². The lowest BCUT2D eigenvalue weighted by molar-refractivity contribution is -0.143. The predicted octanol–water partition coefficient (Wildman–Crippen LogP) is 1.25. The van der Waals surface area contributed by atoms with Crippen LogP contribution >= 0.6 is 0 Å². The smallest absolute Gasteiger partial charge is 0.326 e. The monoisotopic (exact) mass is 565 g/mol. The van der Waals surface area contributed by atoms with E-state index in [0.717, 1.165) is 16.5 Å². The number of rotatable bonds is 14. The molecule has 41 heavy (non-hydrogen) atoms. The van der Waals surface area contributed by atoms with Crippen molar-refractivity contribution in [3.8, 4) is 0 Å². The Hall–Kier alpha value is -4.22. The van der Waals surface area contributed by atoms with Gasteiger partial charge in [0, 0.05) is 29.9 Å². The van der Waals surface area contributed by atoms with Gasteiger partial charge in [0.25, 0.3) is 0 Å². The first-order valence-electron chi connectivity index (χ1n) is 13.6. The second-order valence-corrected chi connectivity index (χ2v) is 10.7. The van der Waals surface area contributed by atoms with E-state index in [1.807, 2.05) is 44.2 Å². The van der Waals surface area contributed by atoms with Crippen LogP contribution < -0.4 is 21.7 Å². The van der Waals surface area contributed by atoms with E-state index in [1.165, 1.54) is 6.92 Å². The van der Waals surface area contributed by atoms with Crippen LogP contribution in [-0.4, -0.2) is 69.2 Å². The number of aromatic nitrogens is 1. The molecule has 220 valence electrons. The maximum absolute atomic E-state index is 13.4. The Morgan fingerprint density at radius 3 is 2.10 bits per heavy atom. The summed E-state index contributed by atoms with van der Waals surface area (Å²) >= 11 is 0. The van der Waals surface area contributed by atoms with Crippen molar-refractivity contribution in [1.82, 2.24) is 20.9 Å². The quantitative estimate of drug-likeness (QED) is 0.153. The van der Waals surface area contributed by atoms with Gasteiger partial charge in [0.15, 0.2) is 0 Å². The van der Waals surface area contributed by atoms with Gasteiger partial charge in [-0.15, -0.1) is 0 Å². The fourth-order valence-corrected chi connectivity index (χ4v) is 4.59. The number of hydrogen-bond acceptors (Lipinski definition) is 6. The van der Waals surface area contributed by atoms with Crippen LogP contribution in [0.2, 0.25) is 0 Å². The van der Waals surface area contributed by atoms with Crippen LogP contribution in [0.4, 0.5) is 0 Å². The summed E-state index contributed by atoms with van der Waals surface area (Å²) in [6, 6.07) is 11.6. The van der Waals surface area contributed by atoms with Crippen LogP contribution in [0.5, 0.6) is 0 Å². The number of aliphatic carboxylic acids is 1. The largest absolute Gasteiger partial charge is 0.480 e. The molecule has 0 saturated heterocycles. The van der Waals surface area contributed by atoms with Crippen molar-refractivity contribution in [3.63, 3.8) is 0 Å². The number of para-hydroxylation sites is 1. The normalized spacial score (nSPS) is 15.0. The molecule has 0 fully saturated rings. The van der Waals surface area contributed by atoms with E-state index in [4.69, 9.17) is 5.73 Å². The lowest BCUT2D eigenvalue weighted by Crippen LogP contribution is -2.60. The molecule has 11 nitrogen and oxygen atoms in total. The first kappa shape index (κ1) is 31.3. The van der Waals surface area contributed by atoms with E-state index in [9.17, 15) is 29.4 Å². The number of hydrogen-bond donors (Lipinski definition) is 7. The number of amides is 3. The van der Waals surface area contributed by atoms with Gasteiger partial charge in [-0.2, -0.15) is 0 Å². The number of fused-ring (bicyclic) bond motifs is 1. The molecule has 0 aliphatic carbocycles. The molecule has 0 spiro atoms. The van der Waals surface area contributed by atoms with Gasteiger partial charge in [-0.25, -0.2) is 4.79 Å². The van der Waals surface area contributed by atoms with E-state index < -0.39 is 54.0 Å². The highest BCUT2D eigenvalue weighted by Gasteiger charge is 2.33. The van der Waals surface area contributed by atoms with E-state index in [2.05, 4.69) is 20.9 Å². The number of nitrogens with two attached hydrogens (primary N) is 1. The van der Waals surface area contributed by atoms with Gasteiger partial charge in [-0.3, -0.25) is 14.4 Å². The number of aliphatic hydroxyl groups excluding tert-OH is 1. The Bertz CT molecular complexity index is 1340. The molecule has 11 heteroatoms. The first-order valence-corrected chi connectivity index (χ1v) is 13.6.